The Morgan fingerprint density at radius 1 is 1.16 bits per heavy atom. The number of rotatable bonds is 2. The SMILES string of the molecule is CC(C)(O)c1cn(-c2ccccc2C(F)(F)F)cn1. The van der Waals surface area contributed by atoms with Crippen molar-refractivity contribution in [3.63, 3.8) is 0 Å². The molecular formula is C13H13F3N2O. The van der Waals surface area contributed by atoms with Crippen molar-refractivity contribution in [2.45, 2.75) is 25.6 Å². The Kier molecular flexibility index (Phi) is 3.14. The Bertz CT molecular complexity index is 582. The minimum Gasteiger partial charge on any atom is -0.384 e. The third-order valence-electron chi connectivity index (χ3n) is 2.70. The first-order valence-electron chi connectivity index (χ1n) is 5.63. The summed E-state index contributed by atoms with van der Waals surface area (Å²) < 4.78 is 39.9. The normalized spacial score (nSPS) is 12.7. The lowest BCUT2D eigenvalue weighted by Crippen LogP contribution is -2.15. The fourth-order valence-corrected chi connectivity index (χ4v) is 1.71. The molecule has 1 N–H and O–H groups in total. The van der Waals surface area contributed by atoms with Gasteiger partial charge < -0.3 is 9.67 Å². The van der Waals surface area contributed by atoms with Crippen molar-refractivity contribution >= 4 is 0 Å². The molecule has 1 aromatic heterocycles. The molecule has 0 radical (unpaired) electrons. The predicted molar refractivity (Wildman–Crippen MR) is 63.8 cm³/mol. The quantitative estimate of drug-likeness (QED) is 0.910. The maximum Gasteiger partial charge on any atom is 0.418 e. The molecule has 2 rings (SSSR count). The Labute approximate surface area is 108 Å². The summed E-state index contributed by atoms with van der Waals surface area (Å²) in [6, 6.07) is 5.23. The first kappa shape index (κ1) is 13.6. The summed E-state index contributed by atoms with van der Waals surface area (Å²) in [6.07, 6.45) is -1.78. The van der Waals surface area contributed by atoms with E-state index in [1.54, 1.807) is 0 Å². The standard InChI is InChI=1S/C13H13F3N2O/c1-12(2,19)11-7-18(8-17-11)10-6-4-3-5-9(10)13(14,15)16/h3-8,19H,1-2H3. The molecule has 0 spiro atoms. The van der Waals surface area contributed by atoms with Crippen LogP contribution in [0, 0.1) is 0 Å². The highest BCUT2D eigenvalue weighted by atomic mass is 19.4. The van der Waals surface area contributed by atoms with E-state index in [0.29, 0.717) is 5.69 Å². The van der Waals surface area contributed by atoms with Gasteiger partial charge in [-0.3, -0.25) is 0 Å². The Morgan fingerprint density at radius 2 is 1.79 bits per heavy atom. The number of aliphatic hydroxyl groups is 1. The van der Waals surface area contributed by atoms with Gasteiger partial charge in [0, 0.05) is 6.20 Å². The van der Waals surface area contributed by atoms with Gasteiger partial charge in [0.15, 0.2) is 0 Å². The molecule has 0 amide bonds. The van der Waals surface area contributed by atoms with Crippen molar-refractivity contribution in [1.29, 1.82) is 0 Å². The summed E-state index contributed by atoms with van der Waals surface area (Å²) >= 11 is 0. The first-order chi connectivity index (χ1) is 8.69. The van der Waals surface area contributed by atoms with Crippen molar-refractivity contribution in [2.24, 2.45) is 0 Å². The van der Waals surface area contributed by atoms with Gasteiger partial charge in [0.05, 0.1) is 23.3 Å². The highest BCUT2D eigenvalue weighted by molar-refractivity contribution is 5.43. The van der Waals surface area contributed by atoms with Gasteiger partial charge in [-0.1, -0.05) is 12.1 Å². The minimum atomic E-state index is -4.43. The van der Waals surface area contributed by atoms with Crippen LogP contribution in [-0.4, -0.2) is 14.7 Å². The van der Waals surface area contributed by atoms with E-state index < -0.39 is 17.3 Å². The second-order valence-electron chi connectivity index (χ2n) is 4.74. The molecule has 0 aliphatic rings. The van der Waals surface area contributed by atoms with Gasteiger partial charge in [-0.25, -0.2) is 4.98 Å². The average molecular weight is 270 g/mol. The van der Waals surface area contributed by atoms with E-state index in [1.165, 1.54) is 49.1 Å². The van der Waals surface area contributed by atoms with Crippen LogP contribution in [0.1, 0.15) is 25.1 Å². The predicted octanol–water partition coefficient (Wildman–Crippen LogP) is 3.12. The summed E-state index contributed by atoms with van der Waals surface area (Å²) in [4.78, 5) is 3.93. The van der Waals surface area contributed by atoms with Crippen LogP contribution in [0.2, 0.25) is 0 Å². The Morgan fingerprint density at radius 3 is 2.32 bits per heavy atom. The van der Waals surface area contributed by atoms with Crippen LogP contribution < -0.4 is 0 Å². The lowest BCUT2D eigenvalue weighted by atomic mass is 10.1. The van der Waals surface area contributed by atoms with Crippen molar-refractivity contribution in [1.82, 2.24) is 9.55 Å². The molecule has 0 atom stereocenters. The molecule has 0 saturated carbocycles. The highest BCUT2D eigenvalue weighted by Crippen LogP contribution is 2.34. The van der Waals surface area contributed by atoms with E-state index in [1.807, 2.05) is 0 Å². The van der Waals surface area contributed by atoms with Crippen molar-refractivity contribution < 1.29 is 18.3 Å². The lowest BCUT2D eigenvalue weighted by molar-refractivity contribution is -0.137. The highest BCUT2D eigenvalue weighted by Gasteiger charge is 2.33. The summed E-state index contributed by atoms with van der Waals surface area (Å²) in [5.74, 6) is 0. The Hall–Kier alpha value is -1.82. The first-order valence-corrected chi connectivity index (χ1v) is 5.63. The van der Waals surface area contributed by atoms with E-state index >= 15 is 0 Å². The van der Waals surface area contributed by atoms with Gasteiger partial charge in [-0.15, -0.1) is 0 Å². The molecule has 6 heteroatoms. The third kappa shape index (κ3) is 2.78. The van der Waals surface area contributed by atoms with Crippen LogP contribution in [0.15, 0.2) is 36.8 Å². The summed E-state index contributed by atoms with van der Waals surface area (Å²) in [5, 5.41) is 9.78. The summed E-state index contributed by atoms with van der Waals surface area (Å²) in [7, 11) is 0. The fraction of sp³-hybridized carbons (Fsp3) is 0.308. The van der Waals surface area contributed by atoms with Crippen LogP contribution >= 0.6 is 0 Å². The largest absolute Gasteiger partial charge is 0.418 e. The van der Waals surface area contributed by atoms with Crippen LogP contribution in [0.25, 0.3) is 5.69 Å². The van der Waals surface area contributed by atoms with E-state index in [9.17, 15) is 18.3 Å². The number of alkyl halides is 3. The fourth-order valence-electron chi connectivity index (χ4n) is 1.71. The number of para-hydroxylation sites is 1. The zero-order valence-electron chi connectivity index (χ0n) is 10.4. The topological polar surface area (TPSA) is 38.0 Å². The lowest BCUT2D eigenvalue weighted by Gasteiger charge is -2.14. The monoisotopic (exact) mass is 270 g/mol. The molecule has 1 aromatic carbocycles. The maximum atomic E-state index is 12.9. The van der Waals surface area contributed by atoms with Gasteiger partial charge in [0.1, 0.15) is 5.60 Å². The number of benzene rings is 1. The number of aromatic nitrogens is 2. The molecule has 0 saturated heterocycles. The molecule has 0 bridgehead atoms. The zero-order chi connectivity index (χ0) is 14.3. The van der Waals surface area contributed by atoms with Crippen molar-refractivity contribution in [3.8, 4) is 5.69 Å². The summed E-state index contributed by atoms with van der Waals surface area (Å²) in [5.41, 5.74) is -1.64. The smallest absolute Gasteiger partial charge is 0.384 e. The number of imidazole rings is 1. The molecule has 19 heavy (non-hydrogen) atoms. The molecule has 0 aliphatic heterocycles. The van der Waals surface area contributed by atoms with Gasteiger partial charge >= 0.3 is 6.18 Å². The van der Waals surface area contributed by atoms with Crippen molar-refractivity contribution in [2.75, 3.05) is 0 Å². The second-order valence-corrected chi connectivity index (χ2v) is 4.74. The van der Waals surface area contributed by atoms with E-state index in [0.717, 1.165) is 6.07 Å². The number of nitrogens with zero attached hydrogens (tertiary/aromatic N) is 2. The van der Waals surface area contributed by atoms with E-state index in [2.05, 4.69) is 4.98 Å². The average Bonchev–Trinajstić information content (AvgIpc) is 2.76. The van der Waals surface area contributed by atoms with Crippen LogP contribution in [0.3, 0.4) is 0 Å². The molecule has 1 heterocycles. The van der Waals surface area contributed by atoms with Gasteiger partial charge in [0.2, 0.25) is 0 Å². The zero-order valence-corrected chi connectivity index (χ0v) is 10.4. The van der Waals surface area contributed by atoms with Crippen LogP contribution in [0.4, 0.5) is 13.2 Å². The van der Waals surface area contributed by atoms with E-state index in [4.69, 9.17) is 0 Å². The van der Waals surface area contributed by atoms with Gasteiger partial charge in [-0.2, -0.15) is 13.2 Å². The number of halogens is 3. The Balaban J connectivity index is 2.52. The molecular weight excluding hydrogens is 257 g/mol. The minimum absolute atomic E-state index is 0.0157. The molecule has 0 aliphatic carbocycles. The molecule has 0 fully saturated rings. The number of hydrogen-bond acceptors (Lipinski definition) is 2. The van der Waals surface area contributed by atoms with Gasteiger partial charge in [0.25, 0.3) is 0 Å². The van der Waals surface area contributed by atoms with E-state index in [-0.39, 0.29) is 5.69 Å². The van der Waals surface area contributed by atoms with Crippen LogP contribution in [0.5, 0.6) is 0 Å². The molecule has 2 aromatic rings. The van der Waals surface area contributed by atoms with Crippen molar-refractivity contribution in [3.05, 3.63) is 48.0 Å². The van der Waals surface area contributed by atoms with Gasteiger partial charge in [-0.05, 0) is 26.0 Å². The summed E-state index contributed by atoms with van der Waals surface area (Å²) in [6.45, 7) is 3.05. The molecule has 3 nitrogen and oxygen atoms in total. The second kappa shape index (κ2) is 4.38. The third-order valence-corrected chi connectivity index (χ3v) is 2.70. The van der Waals surface area contributed by atoms with Crippen LogP contribution in [-0.2, 0) is 11.8 Å². The molecule has 102 valence electrons. The molecule has 0 unspecified atom stereocenters. The number of hydrogen-bond donors (Lipinski definition) is 1. The maximum absolute atomic E-state index is 12.9.